The van der Waals surface area contributed by atoms with E-state index in [9.17, 15) is 4.79 Å². The second-order valence-electron chi connectivity index (χ2n) is 8.51. The number of rotatable bonds is 4. The first-order valence-electron chi connectivity index (χ1n) is 10.2. The number of anilines is 1. The van der Waals surface area contributed by atoms with Gasteiger partial charge in [-0.25, -0.2) is 4.98 Å². The Hall–Kier alpha value is -3.41. The van der Waals surface area contributed by atoms with Crippen molar-refractivity contribution in [2.24, 2.45) is 0 Å². The van der Waals surface area contributed by atoms with Crippen LogP contribution in [0, 0.1) is 6.92 Å². The number of fused-ring (bicyclic) bond motifs is 1. The third-order valence-electron chi connectivity index (χ3n) is 5.23. The summed E-state index contributed by atoms with van der Waals surface area (Å²) in [4.78, 5) is 17.7. The number of hydrogen-bond donors (Lipinski definition) is 1. The Kier molecular flexibility index (Phi) is 4.94. The minimum Gasteiger partial charge on any atom is -0.309 e. The molecule has 154 valence electrons. The summed E-state index contributed by atoms with van der Waals surface area (Å²) in [5.74, 6) is 1.11. The van der Waals surface area contributed by atoms with Crippen LogP contribution in [-0.2, 0) is 12.0 Å². The Labute approximate surface area is 176 Å². The van der Waals surface area contributed by atoms with E-state index in [1.165, 1.54) is 5.56 Å². The fourth-order valence-corrected chi connectivity index (χ4v) is 3.59. The molecule has 0 spiro atoms. The van der Waals surface area contributed by atoms with E-state index in [1.807, 2.05) is 61.5 Å². The number of aryl methyl sites for hydroxylation is 2. The van der Waals surface area contributed by atoms with Crippen molar-refractivity contribution in [3.05, 3.63) is 71.4 Å². The number of para-hydroxylation sites is 2. The molecule has 0 aliphatic carbocycles. The smallest absolute Gasteiger partial charge is 0.256 e. The largest absolute Gasteiger partial charge is 0.309 e. The molecule has 0 fully saturated rings. The summed E-state index contributed by atoms with van der Waals surface area (Å²) in [6, 6.07) is 17.6. The number of carbonyl (C=O) groups excluding carboxylic acids is 1. The van der Waals surface area contributed by atoms with Crippen molar-refractivity contribution in [3.63, 3.8) is 0 Å². The van der Waals surface area contributed by atoms with Crippen molar-refractivity contribution in [2.45, 2.75) is 46.6 Å². The highest BCUT2D eigenvalue weighted by Crippen LogP contribution is 2.24. The lowest BCUT2D eigenvalue weighted by atomic mass is 9.87. The van der Waals surface area contributed by atoms with Crippen LogP contribution in [0.15, 0.2) is 54.6 Å². The van der Waals surface area contributed by atoms with Gasteiger partial charge < -0.3 is 9.88 Å². The number of imidazole rings is 1. The molecule has 0 radical (unpaired) electrons. The first-order valence-corrected chi connectivity index (χ1v) is 10.2. The summed E-state index contributed by atoms with van der Waals surface area (Å²) in [6.07, 6.45) is 0. The molecule has 0 aliphatic heterocycles. The van der Waals surface area contributed by atoms with E-state index in [0.717, 1.165) is 23.3 Å². The maximum Gasteiger partial charge on any atom is 0.256 e. The van der Waals surface area contributed by atoms with Crippen LogP contribution in [0.1, 0.15) is 49.3 Å². The number of aromatic nitrogens is 4. The maximum absolute atomic E-state index is 12.9. The molecular formula is C24H27N5O. The van der Waals surface area contributed by atoms with Gasteiger partial charge in [0.05, 0.1) is 16.7 Å². The van der Waals surface area contributed by atoms with Gasteiger partial charge in [-0.15, -0.1) is 0 Å². The van der Waals surface area contributed by atoms with Crippen molar-refractivity contribution < 1.29 is 4.79 Å². The van der Waals surface area contributed by atoms with Gasteiger partial charge in [-0.1, -0.05) is 45.0 Å². The predicted octanol–water partition coefficient (Wildman–Crippen LogP) is 5.10. The van der Waals surface area contributed by atoms with Gasteiger partial charge in [-0.2, -0.15) is 9.78 Å². The zero-order valence-corrected chi connectivity index (χ0v) is 18.1. The highest BCUT2D eigenvalue weighted by atomic mass is 16.1. The van der Waals surface area contributed by atoms with Crippen molar-refractivity contribution in [2.75, 3.05) is 5.32 Å². The molecule has 0 aliphatic rings. The molecule has 4 aromatic rings. The molecular weight excluding hydrogens is 374 g/mol. The Morgan fingerprint density at radius 1 is 1.07 bits per heavy atom. The molecule has 0 saturated heterocycles. The summed E-state index contributed by atoms with van der Waals surface area (Å²) in [7, 11) is 0. The average Bonchev–Trinajstić information content (AvgIpc) is 3.26. The van der Waals surface area contributed by atoms with Gasteiger partial charge in [-0.3, -0.25) is 4.79 Å². The zero-order valence-electron chi connectivity index (χ0n) is 18.1. The predicted molar refractivity (Wildman–Crippen MR) is 120 cm³/mol. The molecule has 0 bridgehead atoms. The molecule has 6 nitrogen and oxygen atoms in total. The Morgan fingerprint density at radius 3 is 2.43 bits per heavy atom. The summed E-state index contributed by atoms with van der Waals surface area (Å²) in [6.45, 7) is 11.2. The summed E-state index contributed by atoms with van der Waals surface area (Å²) in [5.41, 5.74) is 4.59. The number of amides is 1. The van der Waals surface area contributed by atoms with Crippen LogP contribution in [0.25, 0.3) is 17.0 Å². The van der Waals surface area contributed by atoms with E-state index >= 15 is 0 Å². The number of benzene rings is 2. The van der Waals surface area contributed by atoms with Crippen LogP contribution in [0.2, 0.25) is 0 Å². The van der Waals surface area contributed by atoms with E-state index < -0.39 is 0 Å². The third-order valence-corrected chi connectivity index (χ3v) is 5.23. The fourth-order valence-electron chi connectivity index (χ4n) is 3.59. The van der Waals surface area contributed by atoms with E-state index in [1.54, 1.807) is 4.68 Å². The van der Waals surface area contributed by atoms with E-state index in [2.05, 4.69) is 42.7 Å². The van der Waals surface area contributed by atoms with Gasteiger partial charge in [0.25, 0.3) is 5.91 Å². The summed E-state index contributed by atoms with van der Waals surface area (Å²) < 4.78 is 3.80. The summed E-state index contributed by atoms with van der Waals surface area (Å²) >= 11 is 0. The lowest BCUT2D eigenvalue weighted by molar-refractivity contribution is 0.102. The molecule has 2 heterocycles. The molecule has 2 aromatic carbocycles. The molecule has 2 aromatic heterocycles. The SMILES string of the molecule is CCn1c(-n2nc(C)cc2NC(=O)c2ccc(C(C)(C)C)cc2)nc2ccccc21. The maximum atomic E-state index is 12.9. The molecule has 1 N–H and O–H groups in total. The van der Waals surface area contributed by atoms with Crippen LogP contribution >= 0.6 is 0 Å². The lowest BCUT2D eigenvalue weighted by Crippen LogP contribution is -2.17. The Balaban J connectivity index is 1.69. The third kappa shape index (κ3) is 3.61. The van der Waals surface area contributed by atoms with Crippen molar-refractivity contribution in [3.8, 4) is 5.95 Å². The molecule has 6 heteroatoms. The quantitative estimate of drug-likeness (QED) is 0.517. The normalized spacial score (nSPS) is 11.8. The molecule has 0 unspecified atom stereocenters. The second kappa shape index (κ2) is 7.44. The van der Waals surface area contributed by atoms with E-state index in [0.29, 0.717) is 17.3 Å². The van der Waals surface area contributed by atoms with Gasteiger partial charge in [0, 0.05) is 18.2 Å². The molecule has 0 saturated carbocycles. The van der Waals surface area contributed by atoms with Crippen molar-refractivity contribution in [1.29, 1.82) is 0 Å². The van der Waals surface area contributed by atoms with Crippen LogP contribution < -0.4 is 5.32 Å². The minimum absolute atomic E-state index is 0.0456. The van der Waals surface area contributed by atoms with Crippen molar-refractivity contribution >= 4 is 22.8 Å². The first kappa shape index (κ1) is 19.9. The second-order valence-corrected chi connectivity index (χ2v) is 8.51. The highest BCUT2D eigenvalue weighted by molar-refractivity contribution is 6.04. The van der Waals surface area contributed by atoms with Crippen LogP contribution in [0.4, 0.5) is 5.82 Å². The van der Waals surface area contributed by atoms with Gasteiger partial charge in [0.15, 0.2) is 0 Å². The Morgan fingerprint density at radius 2 is 1.77 bits per heavy atom. The monoisotopic (exact) mass is 401 g/mol. The van der Waals surface area contributed by atoms with Crippen LogP contribution in [0.3, 0.4) is 0 Å². The number of hydrogen-bond acceptors (Lipinski definition) is 3. The average molecular weight is 402 g/mol. The first-order chi connectivity index (χ1) is 14.3. The zero-order chi connectivity index (χ0) is 21.5. The molecule has 30 heavy (non-hydrogen) atoms. The molecule has 4 rings (SSSR count). The highest BCUT2D eigenvalue weighted by Gasteiger charge is 2.19. The lowest BCUT2D eigenvalue weighted by Gasteiger charge is -2.19. The molecule has 1 amide bonds. The topological polar surface area (TPSA) is 64.7 Å². The minimum atomic E-state index is -0.171. The van der Waals surface area contributed by atoms with Crippen LogP contribution in [-0.4, -0.2) is 25.2 Å². The number of nitrogens with zero attached hydrogens (tertiary/aromatic N) is 4. The van der Waals surface area contributed by atoms with Gasteiger partial charge in [0.2, 0.25) is 5.95 Å². The van der Waals surface area contributed by atoms with Crippen molar-refractivity contribution in [1.82, 2.24) is 19.3 Å². The van der Waals surface area contributed by atoms with E-state index in [4.69, 9.17) is 4.98 Å². The van der Waals surface area contributed by atoms with E-state index in [-0.39, 0.29) is 11.3 Å². The Bertz CT molecular complexity index is 1210. The standard InChI is InChI=1S/C24H27N5O/c1-6-28-20-10-8-7-9-19(20)25-23(28)29-21(15-16(2)27-29)26-22(30)17-11-13-18(14-12-17)24(3,4)5/h7-15H,6H2,1-5H3,(H,26,30). The molecule has 0 atom stereocenters. The van der Waals surface area contributed by atoms with Gasteiger partial charge >= 0.3 is 0 Å². The number of carbonyl (C=O) groups is 1. The fraction of sp³-hybridized carbons (Fsp3) is 0.292. The summed E-state index contributed by atoms with van der Waals surface area (Å²) in [5, 5.41) is 7.60. The van der Waals surface area contributed by atoms with Crippen LogP contribution in [0.5, 0.6) is 0 Å². The van der Waals surface area contributed by atoms with Gasteiger partial charge in [-0.05, 0) is 49.1 Å². The van der Waals surface area contributed by atoms with Gasteiger partial charge in [0.1, 0.15) is 5.82 Å². The number of nitrogens with one attached hydrogen (secondary N) is 1.